The minimum atomic E-state index is -3.63. The number of sulfonamides is 1. The van der Waals surface area contributed by atoms with Gasteiger partial charge in [0.25, 0.3) is 0 Å². The highest BCUT2D eigenvalue weighted by molar-refractivity contribution is 7.92. The molecule has 2 aromatic carbocycles. The van der Waals surface area contributed by atoms with Gasteiger partial charge in [0.2, 0.25) is 15.9 Å². The van der Waals surface area contributed by atoms with Crippen molar-refractivity contribution < 1.29 is 22.7 Å². The summed E-state index contributed by atoms with van der Waals surface area (Å²) in [5.74, 6) is 0.800. The third-order valence-corrected chi connectivity index (χ3v) is 5.57. The second-order valence-corrected chi connectivity index (χ2v) is 9.35. The molecule has 0 aromatic heterocycles. The summed E-state index contributed by atoms with van der Waals surface area (Å²) in [6.45, 7) is 7.45. The zero-order chi connectivity index (χ0) is 22.5. The molecule has 0 unspecified atom stereocenters. The summed E-state index contributed by atoms with van der Waals surface area (Å²) in [4.78, 5) is 12.6. The molecule has 0 bridgehead atoms. The largest absolute Gasteiger partial charge is 0.493 e. The monoisotopic (exact) mass is 434 g/mol. The van der Waals surface area contributed by atoms with E-state index in [0.717, 1.165) is 27.3 Å². The topological polar surface area (TPSA) is 84.9 Å². The molecule has 0 fully saturated rings. The fraction of sp³-hybridized carbons (Fsp3) is 0.409. The summed E-state index contributed by atoms with van der Waals surface area (Å²) >= 11 is 0. The molecule has 0 aliphatic heterocycles. The molecular formula is C22H30N2O5S. The van der Waals surface area contributed by atoms with Crippen molar-refractivity contribution in [1.29, 1.82) is 0 Å². The van der Waals surface area contributed by atoms with Crippen LogP contribution in [0.4, 0.5) is 5.69 Å². The quantitative estimate of drug-likeness (QED) is 0.655. The molecule has 0 atom stereocenters. The highest BCUT2D eigenvalue weighted by atomic mass is 32.2. The lowest BCUT2D eigenvalue weighted by atomic mass is 10.1. The second kappa shape index (κ2) is 9.84. The first-order valence-corrected chi connectivity index (χ1v) is 11.5. The van der Waals surface area contributed by atoms with Gasteiger partial charge in [-0.2, -0.15) is 0 Å². The number of nitrogens with one attached hydrogen (secondary N) is 1. The lowest BCUT2D eigenvalue weighted by molar-refractivity contribution is -0.119. The molecule has 2 rings (SSSR count). The third-order valence-electron chi connectivity index (χ3n) is 4.46. The van der Waals surface area contributed by atoms with Gasteiger partial charge in [-0.25, -0.2) is 8.42 Å². The maximum atomic E-state index is 12.6. The van der Waals surface area contributed by atoms with Gasteiger partial charge in [0.05, 0.1) is 25.2 Å². The van der Waals surface area contributed by atoms with Crippen LogP contribution < -0.4 is 19.1 Å². The van der Waals surface area contributed by atoms with Gasteiger partial charge in [0.15, 0.2) is 11.5 Å². The number of amides is 1. The molecule has 0 saturated heterocycles. The summed E-state index contributed by atoms with van der Waals surface area (Å²) in [6, 6.07) is 10.9. The Morgan fingerprint density at radius 3 is 2.27 bits per heavy atom. The molecule has 0 aliphatic carbocycles. The van der Waals surface area contributed by atoms with E-state index in [-0.39, 0.29) is 19.2 Å². The fourth-order valence-electron chi connectivity index (χ4n) is 3.12. The average molecular weight is 435 g/mol. The predicted molar refractivity (Wildman–Crippen MR) is 119 cm³/mol. The number of benzene rings is 2. The van der Waals surface area contributed by atoms with Crippen LogP contribution in [0.25, 0.3) is 0 Å². The molecule has 2 aromatic rings. The lowest BCUT2D eigenvalue weighted by Crippen LogP contribution is -2.40. The van der Waals surface area contributed by atoms with Crippen LogP contribution in [-0.4, -0.2) is 40.3 Å². The Morgan fingerprint density at radius 2 is 1.73 bits per heavy atom. The molecule has 0 spiro atoms. The smallest absolute Gasteiger partial charge is 0.241 e. The van der Waals surface area contributed by atoms with E-state index in [0.29, 0.717) is 17.2 Å². The summed E-state index contributed by atoms with van der Waals surface area (Å²) in [5.41, 5.74) is 2.93. The molecular weight excluding hydrogens is 404 g/mol. The number of hydrogen-bond acceptors (Lipinski definition) is 5. The predicted octanol–water partition coefficient (Wildman–Crippen LogP) is 3.18. The molecule has 0 heterocycles. The first-order chi connectivity index (χ1) is 14.0. The highest BCUT2D eigenvalue weighted by Gasteiger charge is 2.23. The van der Waals surface area contributed by atoms with Crippen molar-refractivity contribution >= 4 is 21.6 Å². The Balaban J connectivity index is 2.14. The number of anilines is 1. The van der Waals surface area contributed by atoms with E-state index in [1.165, 1.54) is 0 Å². The molecule has 1 N–H and O–H groups in total. The van der Waals surface area contributed by atoms with Crippen LogP contribution in [-0.2, 0) is 21.4 Å². The van der Waals surface area contributed by atoms with Gasteiger partial charge in [0, 0.05) is 6.54 Å². The number of aryl methyl sites for hydroxylation is 2. The Labute approximate surface area is 179 Å². The van der Waals surface area contributed by atoms with Crippen molar-refractivity contribution in [3.63, 3.8) is 0 Å². The molecule has 0 aliphatic rings. The SMILES string of the molecule is COc1cc(CNC(=O)CN(c2c(C)cccc2C)S(C)(=O)=O)ccc1OC(C)C. The Kier molecular flexibility index (Phi) is 7.72. The number of methoxy groups -OCH3 is 1. The van der Waals surface area contributed by atoms with E-state index in [9.17, 15) is 13.2 Å². The van der Waals surface area contributed by atoms with Crippen LogP contribution in [0.5, 0.6) is 11.5 Å². The van der Waals surface area contributed by atoms with Gasteiger partial charge >= 0.3 is 0 Å². The molecule has 1 amide bonds. The van der Waals surface area contributed by atoms with E-state index in [1.54, 1.807) is 19.2 Å². The van der Waals surface area contributed by atoms with Gasteiger partial charge in [-0.05, 0) is 56.5 Å². The van der Waals surface area contributed by atoms with Gasteiger partial charge in [-0.1, -0.05) is 24.3 Å². The minimum absolute atomic E-state index is 0.0105. The van der Waals surface area contributed by atoms with E-state index in [2.05, 4.69) is 5.32 Å². The van der Waals surface area contributed by atoms with E-state index >= 15 is 0 Å². The highest BCUT2D eigenvalue weighted by Crippen LogP contribution is 2.29. The van der Waals surface area contributed by atoms with E-state index in [4.69, 9.17) is 9.47 Å². The van der Waals surface area contributed by atoms with Crippen LogP contribution in [0.1, 0.15) is 30.5 Å². The minimum Gasteiger partial charge on any atom is -0.493 e. The zero-order valence-electron chi connectivity index (χ0n) is 18.4. The molecule has 0 radical (unpaired) electrons. The molecule has 8 heteroatoms. The fourth-order valence-corrected chi connectivity index (χ4v) is 4.09. The Hall–Kier alpha value is -2.74. The number of ether oxygens (including phenoxy) is 2. The normalized spacial score (nSPS) is 11.3. The molecule has 164 valence electrons. The van der Waals surface area contributed by atoms with Gasteiger partial charge in [-0.3, -0.25) is 9.10 Å². The van der Waals surface area contributed by atoms with Crippen LogP contribution in [0.3, 0.4) is 0 Å². The van der Waals surface area contributed by atoms with Crippen molar-refractivity contribution in [3.05, 3.63) is 53.1 Å². The Morgan fingerprint density at radius 1 is 1.10 bits per heavy atom. The van der Waals surface area contributed by atoms with Crippen LogP contribution >= 0.6 is 0 Å². The maximum absolute atomic E-state index is 12.6. The number of para-hydroxylation sites is 1. The lowest BCUT2D eigenvalue weighted by Gasteiger charge is -2.25. The second-order valence-electron chi connectivity index (χ2n) is 7.44. The average Bonchev–Trinajstić information content (AvgIpc) is 2.65. The van der Waals surface area contributed by atoms with Gasteiger partial charge in [-0.15, -0.1) is 0 Å². The number of carbonyl (C=O) groups excluding carboxylic acids is 1. The van der Waals surface area contributed by atoms with Crippen molar-refractivity contribution in [3.8, 4) is 11.5 Å². The van der Waals surface area contributed by atoms with Crippen LogP contribution in [0, 0.1) is 13.8 Å². The van der Waals surface area contributed by atoms with E-state index in [1.807, 2.05) is 52.0 Å². The van der Waals surface area contributed by atoms with Crippen LogP contribution in [0.15, 0.2) is 36.4 Å². The summed E-state index contributed by atoms with van der Waals surface area (Å²) in [7, 11) is -2.08. The van der Waals surface area contributed by atoms with Crippen molar-refractivity contribution in [2.24, 2.45) is 0 Å². The molecule has 30 heavy (non-hydrogen) atoms. The maximum Gasteiger partial charge on any atom is 0.241 e. The Bertz CT molecular complexity index is 982. The summed E-state index contributed by atoms with van der Waals surface area (Å²) < 4.78 is 36.9. The van der Waals surface area contributed by atoms with Crippen molar-refractivity contribution in [1.82, 2.24) is 5.32 Å². The molecule has 7 nitrogen and oxygen atoms in total. The van der Waals surface area contributed by atoms with Gasteiger partial charge < -0.3 is 14.8 Å². The molecule has 0 saturated carbocycles. The van der Waals surface area contributed by atoms with Crippen molar-refractivity contribution in [2.75, 3.05) is 24.2 Å². The first-order valence-electron chi connectivity index (χ1n) is 9.67. The summed E-state index contributed by atoms with van der Waals surface area (Å²) in [6.07, 6.45) is 1.11. The zero-order valence-corrected chi connectivity index (χ0v) is 19.2. The van der Waals surface area contributed by atoms with Crippen LogP contribution in [0.2, 0.25) is 0 Å². The summed E-state index contributed by atoms with van der Waals surface area (Å²) in [5, 5.41) is 2.78. The number of nitrogens with zero attached hydrogens (tertiary/aromatic N) is 1. The van der Waals surface area contributed by atoms with Crippen molar-refractivity contribution in [2.45, 2.75) is 40.3 Å². The first kappa shape index (κ1) is 23.5. The third kappa shape index (κ3) is 6.13. The number of hydrogen-bond donors (Lipinski definition) is 1. The number of carbonyl (C=O) groups is 1. The van der Waals surface area contributed by atoms with Gasteiger partial charge in [0.1, 0.15) is 6.54 Å². The standard InChI is InChI=1S/C22H30N2O5S/c1-15(2)29-19-11-10-18(12-20(19)28-5)13-23-21(25)14-24(30(6,26)27)22-16(3)8-7-9-17(22)4/h7-12,15H,13-14H2,1-6H3,(H,23,25). The number of rotatable bonds is 9. The van der Waals surface area contributed by atoms with E-state index < -0.39 is 15.9 Å².